The van der Waals surface area contributed by atoms with Crippen molar-refractivity contribution in [2.45, 2.75) is 39.2 Å². The molecule has 1 aromatic carbocycles. The zero-order valence-corrected chi connectivity index (χ0v) is 12.1. The number of anilines is 1. The smallest absolute Gasteiger partial charge is 0.142 e. The summed E-state index contributed by atoms with van der Waals surface area (Å²) >= 11 is 0. The number of rotatable bonds is 7. The summed E-state index contributed by atoms with van der Waals surface area (Å²) in [7, 11) is 0. The van der Waals surface area contributed by atoms with Gasteiger partial charge in [-0.05, 0) is 31.0 Å². The predicted octanol–water partition coefficient (Wildman–Crippen LogP) is 3.28. The van der Waals surface area contributed by atoms with E-state index in [9.17, 15) is 0 Å². The highest BCUT2D eigenvalue weighted by Gasteiger charge is 2.17. The Bertz CT molecular complexity index is 379. The maximum absolute atomic E-state index is 5.95. The Morgan fingerprint density at radius 3 is 3.00 bits per heavy atom. The molecule has 1 aromatic rings. The highest BCUT2D eigenvalue weighted by Crippen LogP contribution is 2.27. The van der Waals surface area contributed by atoms with Gasteiger partial charge in [0.05, 0.1) is 12.2 Å². The molecule has 0 amide bonds. The van der Waals surface area contributed by atoms with E-state index in [-0.39, 0.29) is 6.10 Å². The van der Waals surface area contributed by atoms with E-state index in [1.807, 2.05) is 18.2 Å². The van der Waals surface area contributed by atoms with Gasteiger partial charge in [0.1, 0.15) is 11.9 Å². The van der Waals surface area contributed by atoms with Crippen molar-refractivity contribution in [1.29, 1.82) is 0 Å². The molecule has 0 aliphatic carbocycles. The summed E-state index contributed by atoms with van der Waals surface area (Å²) in [5, 5.41) is 6.91. The van der Waals surface area contributed by atoms with Crippen molar-refractivity contribution in [1.82, 2.24) is 5.32 Å². The Balaban J connectivity index is 1.61. The lowest BCUT2D eigenvalue weighted by Gasteiger charge is -2.27. The summed E-state index contributed by atoms with van der Waals surface area (Å²) in [6, 6.07) is 8.13. The first-order chi connectivity index (χ1) is 9.25. The maximum Gasteiger partial charge on any atom is 0.142 e. The zero-order valence-electron chi connectivity index (χ0n) is 12.1. The number of fused-ring (bicyclic) bond motifs is 1. The van der Waals surface area contributed by atoms with Crippen LogP contribution in [0.3, 0.4) is 0 Å². The molecule has 0 bridgehead atoms. The molecule has 19 heavy (non-hydrogen) atoms. The van der Waals surface area contributed by atoms with Gasteiger partial charge in [0, 0.05) is 6.54 Å². The van der Waals surface area contributed by atoms with Crippen LogP contribution in [0.4, 0.5) is 5.69 Å². The third kappa shape index (κ3) is 4.75. The normalized spacial score (nSPS) is 17.7. The minimum Gasteiger partial charge on any atom is -0.485 e. The van der Waals surface area contributed by atoms with Crippen LogP contribution < -0.4 is 15.4 Å². The first kappa shape index (κ1) is 14.2. The monoisotopic (exact) mass is 262 g/mol. The van der Waals surface area contributed by atoms with Gasteiger partial charge in [0.25, 0.3) is 0 Å². The molecule has 2 rings (SSSR count). The minimum absolute atomic E-state index is 0.236. The van der Waals surface area contributed by atoms with Crippen molar-refractivity contribution in [3.05, 3.63) is 24.3 Å². The van der Waals surface area contributed by atoms with E-state index in [2.05, 4.69) is 30.5 Å². The van der Waals surface area contributed by atoms with E-state index in [0.717, 1.165) is 37.0 Å². The third-order valence-corrected chi connectivity index (χ3v) is 3.46. The van der Waals surface area contributed by atoms with Crippen LogP contribution in [0.1, 0.15) is 33.1 Å². The van der Waals surface area contributed by atoms with Gasteiger partial charge in [-0.15, -0.1) is 0 Å². The highest BCUT2D eigenvalue weighted by molar-refractivity contribution is 5.57. The second kappa shape index (κ2) is 7.39. The Labute approximate surface area is 116 Å². The summed E-state index contributed by atoms with van der Waals surface area (Å²) in [5.41, 5.74) is 1.11. The predicted molar refractivity (Wildman–Crippen MR) is 80.9 cm³/mol. The van der Waals surface area contributed by atoms with Gasteiger partial charge in [-0.1, -0.05) is 38.8 Å². The van der Waals surface area contributed by atoms with Gasteiger partial charge in [0.2, 0.25) is 0 Å². The van der Waals surface area contributed by atoms with Crippen molar-refractivity contribution in [3.63, 3.8) is 0 Å². The first-order valence-electron chi connectivity index (χ1n) is 7.46. The van der Waals surface area contributed by atoms with E-state index >= 15 is 0 Å². The van der Waals surface area contributed by atoms with Gasteiger partial charge < -0.3 is 15.4 Å². The number of nitrogens with one attached hydrogen (secondary N) is 2. The van der Waals surface area contributed by atoms with Gasteiger partial charge >= 0.3 is 0 Å². The molecule has 0 fully saturated rings. The molecule has 0 saturated heterocycles. The fourth-order valence-corrected chi connectivity index (χ4v) is 2.34. The van der Waals surface area contributed by atoms with Crippen LogP contribution in [0.15, 0.2) is 24.3 Å². The number of benzene rings is 1. The van der Waals surface area contributed by atoms with Gasteiger partial charge in [0.15, 0.2) is 0 Å². The largest absolute Gasteiger partial charge is 0.485 e. The van der Waals surface area contributed by atoms with Crippen LogP contribution in [0, 0.1) is 5.92 Å². The van der Waals surface area contributed by atoms with Crippen molar-refractivity contribution in [2.75, 3.05) is 25.0 Å². The van der Waals surface area contributed by atoms with Crippen LogP contribution in [0.2, 0.25) is 0 Å². The van der Waals surface area contributed by atoms with Crippen LogP contribution in [-0.2, 0) is 0 Å². The lowest BCUT2D eigenvalue weighted by molar-refractivity contribution is 0.202. The highest BCUT2D eigenvalue weighted by atomic mass is 16.5. The van der Waals surface area contributed by atoms with Crippen molar-refractivity contribution >= 4 is 5.69 Å². The lowest BCUT2D eigenvalue weighted by atomic mass is 10.1. The van der Waals surface area contributed by atoms with Crippen molar-refractivity contribution in [3.8, 4) is 5.75 Å². The number of ether oxygens (including phenoxy) is 1. The standard InChI is InChI=1S/C16H26N2O/c1-13(2)7-5-6-10-17-11-14-12-18-15-8-3-4-9-16(15)19-14/h3-4,8-9,13-14,17-18H,5-7,10-12H2,1-2H3. The number of unbranched alkanes of at least 4 members (excludes halogenated alkanes) is 1. The number of para-hydroxylation sites is 2. The van der Waals surface area contributed by atoms with Crippen molar-refractivity contribution < 1.29 is 4.74 Å². The third-order valence-electron chi connectivity index (χ3n) is 3.46. The Hall–Kier alpha value is -1.22. The molecule has 1 aliphatic rings. The molecule has 0 spiro atoms. The summed E-state index contributed by atoms with van der Waals surface area (Å²) in [6.07, 6.45) is 4.14. The summed E-state index contributed by atoms with van der Waals surface area (Å²) in [5.74, 6) is 1.79. The average Bonchev–Trinajstić information content (AvgIpc) is 2.42. The Morgan fingerprint density at radius 2 is 2.16 bits per heavy atom. The van der Waals surface area contributed by atoms with E-state index in [1.54, 1.807) is 0 Å². The summed E-state index contributed by atoms with van der Waals surface area (Å²) < 4.78 is 5.95. The molecule has 1 aliphatic heterocycles. The first-order valence-corrected chi connectivity index (χ1v) is 7.46. The molecule has 1 atom stereocenters. The SMILES string of the molecule is CC(C)CCCCNCC1CNc2ccccc2O1. The topological polar surface area (TPSA) is 33.3 Å². The molecule has 3 nitrogen and oxygen atoms in total. The Morgan fingerprint density at radius 1 is 1.32 bits per heavy atom. The van der Waals surface area contributed by atoms with Gasteiger partial charge in [-0.2, -0.15) is 0 Å². The average molecular weight is 262 g/mol. The molecule has 0 aromatic heterocycles. The van der Waals surface area contributed by atoms with E-state index in [1.165, 1.54) is 19.3 Å². The van der Waals surface area contributed by atoms with Crippen LogP contribution in [0.25, 0.3) is 0 Å². The summed E-state index contributed by atoms with van der Waals surface area (Å²) in [6.45, 7) is 7.46. The molecular formula is C16H26N2O. The molecule has 3 heteroatoms. The van der Waals surface area contributed by atoms with Crippen molar-refractivity contribution in [2.24, 2.45) is 5.92 Å². The summed E-state index contributed by atoms with van der Waals surface area (Å²) in [4.78, 5) is 0. The molecule has 1 heterocycles. The quantitative estimate of drug-likeness (QED) is 0.740. The van der Waals surface area contributed by atoms with E-state index < -0.39 is 0 Å². The number of hydrogen-bond donors (Lipinski definition) is 2. The van der Waals surface area contributed by atoms with E-state index in [0.29, 0.717) is 0 Å². The van der Waals surface area contributed by atoms with Crippen LogP contribution in [-0.4, -0.2) is 25.7 Å². The molecule has 106 valence electrons. The molecule has 2 N–H and O–H groups in total. The molecule has 1 unspecified atom stereocenters. The zero-order chi connectivity index (χ0) is 13.5. The second-order valence-corrected chi connectivity index (χ2v) is 5.71. The molecule has 0 saturated carbocycles. The minimum atomic E-state index is 0.236. The fourth-order valence-electron chi connectivity index (χ4n) is 2.34. The Kier molecular flexibility index (Phi) is 5.52. The maximum atomic E-state index is 5.95. The van der Waals surface area contributed by atoms with E-state index in [4.69, 9.17) is 4.74 Å². The van der Waals surface area contributed by atoms with Gasteiger partial charge in [-0.3, -0.25) is 0 Å². The van der Waals surface area contributed by atoms with Crippen LogP contribution >= 0.6 is 0 Å². The number of hydrogen-bond acceptors (Lipinski definition) is 3. The lowest BCUT2D eigenvalue weighted by Crippen LogP contribution is -2.39. The molecule has 0 radical (unpaired) electrons. The fraction of sp³-hybridized carbons (Fsp3) is 0.625. The second-order valence-electron chi connectivity index (χ2n) is 5.71. The molecular weight excluding hydrogens is 236 g/mol. The van der Waals surface area contributed by atoms with Crippen LogP contribution in [0.5, 0.6) is 5.75 Å². The van der Waals surface area contributed by atoms with Gasteiger partial charge in [-0.25, -0.2) is 0 Å².